The number of hydrogen-bond donors (Lipinski definition) is 0. The van der Waals surface area contributed by atoms with Gasteiger partial charge in [0.1, 0.15) is 18.0 Å². The van der Waals surface area contributed by atoms with Crippen LogP contribution in [0.2, 0.25) is 0 Å². The van der Waals surface area contributed by atoms with Gasteiger partial charge in [0.05, 0.1) is 30.9 Å². The highest BCUT2D eigenvalue weighted by molar-refractivity contribution is 7.92. The van der Waals surface area contributed by atoms with Crippen LogP contribution >= 0.6 is 0 Å². The summed E-state index contributed by atoms with van der Waals surface area (Å²) >= 11 is 0. The highest BCUT2D eigenvalue weighted by Gasteiger charge is 2.27. The first-order valence-corrected chi connectivity index (χ1v) is 9.91. The Labute approximate surface area is 159 Å². The lowest BCUT2D eigenvalue weighted by atomic mass is 10.3. The van der Waals surface area contributed by atoms with E-state index < -0.39 is 22.5 Å². The summed E-state index contributed by atoms with van der Waals surface area (Å²) in [7, 11) is -2.47. The Morgan fingerprint density at radius 1 is 0.926 bits per heavy atom. The molecule has 2 rings (SSSR count). The summed E-state index contributed by atoms with van der Waals surface area (Å²) in [6.07, 6.45) is 0. The first kappa shape index (κ1) is 20.6. The van der Waals surface area contributed by atoms with Crippen LogP contribution in [0.15, 0.2) is 53.4 Å². The van der Waals surface area contributed by atoms with E-state index in [9.17, 15) is 13.2 Å². The monoisotopic (exact) mass is 393 g/mol. The third kappa shape index (κ3) is 5.13. The van der Waals surface area contributed by atoms with Crippen LogP contribution < -0.4 is 13.8 Å². The maximum atomic E-state index is 13.1. The maximum Gasteiger partial charge on any atom is 0.326 e. The predicted molar refractivity (Wildman–Crippen MR) is 102 cm³/mol. The van der Waals surface area contributed by atoms with Gasteiger partial charge < -0.3 is 14.2 Å². The van der Waals surface area contributed by atoms with Crippen molar-refractivity contribution in [3.05, 3.63) is 48.5 Å². The third-order valence-corrected chi connectivity index (χ3v) is 5.45. The van der Waals surface area contributed by atoms with Crippen LogP contribution in [-0.4, -0.2) is 41.3 Å². The number of methoxy groups -OCH3 is 1. The lowest BCUT2D eigenvalue weighted by Crippen LogP contribution is -2.36. The highest BCUT2D eigenvalue weighted by atomic mass is 32.2. The molecule has 2 aromatic carbocycles. The lowest BCUT2D eigenvalue weighted by Gasteiger charge is -2.24. The third-order valence-electron chi connectivity index (χ3n) is 3.66. The molecule has 0 amide bonds. The second-order valence-corrected chi connectivity index (χ2v) is 7.28. The normalized spacial score (nSPS) is 10.9. The van der Waals surface area contributed by atoms with Gasteiger partial charge in [0, 0.05) is 0 Å². The SMILES string of the molecule is CCOC(=O)CN(c1ccc(OC)cc1)S(=O)(=O)c1ccc(OCC)cc1. The van der Waals surface area contributed by atoms with Crippen molar-refractivity contribution in [3.63, 3.8) is 0 Å². The van der Waals surface area contributed by atoms with Crippen molar-refractivity contribution in [1.82, 2.24) is 0 Å². The molecule has 0 aliphatic heterocycles. The Morgan fingerprint density at radius 3 is 2.04 bits per heavy atom. The van der Waals surface area contributed by atoms with Crippen molar-refractivity contribution in [3.8, 4) is 11.5 Å². The van der Waals surface area contributed by atoms with E-state index in [-0.39, 0.29) is 11.5 Å². The Morgan fingerprint density at radius 2 is 1.52 bits per heavy atom. The van der Waals surface area contributed by atoms with Crippen LogP contribution in [0.5, 0.6) is 11.5 Å². The summed E-state index contributed by atoms with van der Waals surface area (Å²) in [5.41, 5.74) is 0.331. The molecule has 0 atom stereocenters. The zero-order valence-electron chi connectivity index (χ0n) is 15.5. The van der Waals surface area contributed by atoms with E-state index in [0.29, 0.717) is 23.8 Å². The molecule has 0 aromatic heterocycles. The minimum Gasteiger partial charge on any atom is -0.497 e. The van der Waals surface area contributed by atoms with Gasteiger partial charge in [-0.25, -0.2) is 8.42 Å². The van der Waals surface area contributed by atoms with Crippen molar-refractivity contribution in [2.45, 2.75) is 18.7 Å². The molecule has 7 nitrogen and oxygen atoms in total. The number of hydrogen-bond acceptors (Lipinski definition) is 6. The summed E-state index contributed by atoms with van der Waals surface area (Å²) in [5, 5.41) is 0. The second-order valence-electron chi connectivity index (χ2n) is 5.42. The molecule has 27 heavy (non-hydrogen) atoms. The fourth-order valence-corrected chi connectivity index (χ4v) is 3.80. The number of benzene rings is 2. The van der Waals surface area contributed by atoms with Crippen LogP contribution in [0, 0.1) is 0 Å². The molecule has 0 aliphatic rings. The van der Waals surface area contributed by atoms with Crippen molar-refractivity contribution < 1.29 is 27.4 Å². The largest absolute Gasteiger partial charge is 0.497 e. The van der Waals surface area contributed by atoms with Crippen molar-refractivity contribution in [2.24, 2.45) is 0 Å². The minimum atomic E-state index is -3.98. The van der Waals surface area contributed by atoms with E-state index in [1.54, 1.807) is 43.3 Å². The zero-order valence-corrected chi connectivity index (χ0v) is 16.4. The summed E-state index contributed by atoms with van der Waals surface area (Å²) in [6, 6.07) is 12.4. The molecule has 0 unspecified atom stereocenters. The molecule has 0 saturated carbocycles. The fraction of sp³-hybridized carbons (Fsp3) is 0.316. The van der Waals surface area contributed by atoms with E-state index in [4.69, 9.17) is 14.2 Å². The topological polar surface area (TPSA) is 82.1 Å². The Hall–Kier alpha value is -2.74. The molecule has 0 spiro atoms. The molecule has 2 aromatic rings. The number of carbonyl (C=O) groups excluding carboxylic acids is 1. The highest BCUT2D eigenvalue weighted by Crippen LogP contribution is 2.27. The smallest absolute Gasteiger partial charge is 0.326 e. The first-order valence-electron chi connectivity index (χ1n) is 8.47. The molecule has 146 valence electrons. The average Bonchev–Trinajstić information content (AvgIpc) is 2.67. The van der Waals surface area contributed by atoms with Crippen LogP contribution in [0.4, 0.5) is 5.69 Å². The standard InChI is InChI=1S/C19H23NO6S/c1-4-25-17-10-12-18(13-11-17)27(22,23)20(14-19(21)26-5-2)15-6-8-16(24-3)9-7-15/h6-13H,4-5,14H2,1-3H3. The summed E-state index contributed by atoms with van der Waals surface area (Å²) < 4.78 is 42.7. The van der Waals surface area contributed by atoms with E-state index >= 15 is 0 Å². The van der Waals surface area contributed by atoms with E-state index in [2.05, 4.69) is 0 Å². The average molecular weight is 393 g/mol. The lowest BCUT2D eigenvalue weighted by molar-refractivity contribution is -0.141. The number of anilines is 1. The summed E-state index contributed by atoms with van der Waals surface area (Å²) in [6.45, 7) is 3.72. The molecular weight excluding hydrogens is 370 g/mol. The predicted octanol–water partition coefficient (Wildman–Crippen LogP) is 2.85. The van der Waals surface area contributed by atoms with Gasteiger partial charge in [-0.05, 0) is 62.4 Å². The molecule has 0 N–H and O–H groups in total. The van der Waals surface area contributed by atoms with Crippen LogP contribution in [0.3, 0.4) is 0 Å². The molecule has 0 radical (unpaired) electrons. The Balaban J connectivity index is 2.41. The second kappa shape index (κ2) is 9.27. The first-order chi connectivity index (χ1) is 12.9. The van der Waals surface area contributed by atoms with E-state index in [1.165, 1.54) is 19.2 Å². The minimum absolute atomic E-state index is 0.0473. The van der Waals surface area contributed by atoms with Crippen LogP contribution in [-0.2, 0) is 19.6 Å². The quantitative estimate of drug-likeness (QED) is 0.610. The zero-order chi connectivity index (χ0) is 19.9. The fourth-order valence-electron chi connectivity index (χ4n) is 2.39. The van der Waals surface area contributed by atoms with Crippen molar-refractivity contribution >= 4 is 21.7 Å². The number of esters is 1. The van der Waals surface area contributed by atoms with Gasteiger partial charge in [-0.2, -0.15) is 0 Å². The molecule has 0 fully saturated rings. The van der Waals surface area contributed by atoms with E-state index in [0.717, 1.165) is 4.31 Å². The van der Waals surface area contributed by atoms with Gasteiger partial charge in [0.2, 0.25) is 0 Å². The number of carbonyl (C=O) groups is 1. The Bertz CT molecular complexity index is 847. The number of sulfonamides is 1. The van der Waals surface area contributed by atoms with Crippen LogP contribution in [0.1, 0.15) is 13.8 Å². The van der Waals surface area contributed by atoms with E-state index in [1.807, 2.05) is 6.92 Å². The molecule has 0 heterocycles. The summed E-state index contributed by atoms with van der Waals surface area (Å²) in [5.74, 6) is 0.508. The number of nitrogens with zero attached hydrogens (tertiary/aromatic N) is 1. The van der Waals surface area contributed by atoms with Gasteiger partial charge in [-0.1, -0.05) is 0 Å². The van der Waals surface area contributed by atoms with Crippen molar-refractivity contribution in [1.29, 1.82) is 0 Å². The van der Waals surface area contributed by atoms with Gasteiger partial charge in [0.15, 0.2) is 0 Å². The summed E-state index contributed by atoms with van der Waals surface area (Å²) in [4.78, 5) is 12.0. The molecule has 0 saturated heterocycles. The van der Waals surface area contributed by atoms with Crippen LogP contribution in [0.25, 0.3) is 0 Å². The molecule has 0 aliphatic carbocycles. The Kier molecular flexibility index (Phi) is 7.06. The number of ether oxygens (including phenoxy) is 3. The maximum absolute atomic E-state index is 13.1. The molecule has 0 bridgehead atoms. The molecular formula is C19H23NO6S. The van der Waals surface area contributed by atoms with Gasteiger partial charge in [-0.15, -0.1) is 0 Å². The number of rotatable bonds is 9. The van der Waals surface area contributed by atoms with Gasteiger partial charge in [0.25, 0.3) is 10.0 Å². The van der Waals surface area contributed by atoms with Crippen molar-refractivity contribution in [2.75, 3.05) is 31.2 Å². The van der Waals surface area contributed by atoms with Gasteiger partial charge >= 0.3 is 5.97 Å². The molecule has 8 heteroatoms. The van der Waals surface area contributed by atoms with Gasteiger partial charge in [-0.3, -0.25) is 9.10 Å².